The summed E-state index contributed by atoms with van der Waals surface area (Å²) in [7, 11) is 1.55. The third kappa shape index (κ3) is 2.98. The molecule has 0 atom stereocenters. The van der Waals surface area contributed by atoms with Crippen LogP contribution in [0.25, 0.3) is 11.3 Å². The van der Waals surface area contributed by atoms with E-state index in [1.165, 1.54) is 11.8 Å². The number of aromatic nitrogens is 2. The van der Waals surface area contributed by atoms with E-state index in [0.717, 1.165) is 5.56 Å². The average Bonchev–Trinajstić information content (AvgIpc) is 2.42. The Labute approximate surface area is 136 Å². The van der Waals surface area contributed by atoms with Gasteiger partial charge in [-0.05, 0) is 25.3 Å². The number of ether oxygens (including phenoxy) is 1. The molecule has 20 heavy (non-hydrogen) atoms. The Morgan fingerprint density at radius 2 is 1.80 bits per heavy atom. The second-order valence-electron chi connectivity index (χ2n) is 3.94. The predicted octanol–water partition coefficient (Wildman–Crippen LogP) is 5.14. The minimum absolute atomic E-state index is 0.407. The minimum atomic E-state index is 0.407. The van der Waals surface area contributed by atoms with Gasteiger partial charge in [-0.1, -0.05) is 46.6 Å². The molecule has 0 saturated heterocycles. The zero-order valence-electron chi connectivity index (χ0n) is 11.0. The summed E-state index contributed by atoms with van der Waals surface area (Å²) in [5.41, 5.74) is 2.15. The van der Waals surface area contributed by atoms with E-state index in [9.17, 15) is 0 Å². The van der Waals surface area contributed by atoms with Crippen LogP contribution in [-0.4, -0.2) is 23.3 Å². The van der Waals surface area contributed by atoms with E-state index in [0.29, 0.717) is 37.4 Å². The van der Waals surface area contributed by atoms with Gasteiger partial charge < -0.3 is 4.74 Å². The second-order valence-corrected chi connectivity index (χ2v) is 5.89. The van der Waals surface area contributed by atoms with Gasteiger partial charge in [-0.2, -0.15) is 0 Å². The maximum absolute atomic E-state index is 6.26. The summed E-state index contributed by atoms with van der Waals surface area (Å²) < 4.78 is 5.22. The van der Waals surface area contributed by atoms with Crippen molar-refractivity contribution in [2.75, 3.05) is 13.4 Å². The van der Waals surface area contributed by atoms with Crippen molar-refractivity contribution < 1.29 is 4.74 Å². The molecular weight excluding hydrogens is 339 g/mol. The van der Waals surface area contributed by atoms with E-state index >= 15 is 0 Å². The lowest BCUT2D eigenvalue weighted by atomic mass is 10.1. The van der Waals surface area contributed by atoms with Crippen LogP contribution in [0, 0.1) is 6.92 Å². The number of thioether (sulfide) groups is 1. The Morgan fingerprint density at radius 3 is 2.40 bits per heavy atom. The quantitative estimate of drug-likeness (QED) is 0.436. The monoisotopic (exact) mass is 348 g/mol. The molecule has 0 N–H and O–H groups in total. The summed E-state index contributed by atoms with van der Waals surface area (Å²) >= 11 is 19.9. The van der Waals surface area contributed by atoms with Crippen LogP contribution >= 0.6 is 46.6 Å². The standard InChI is InChI=1S/C13H11Cl3N2OS/c1-6-11(17-13(20-3)18-12(6)16)7-4-10(19-2)9(15)5-8(7)14/h4-5H,1-3H3. The van der Waals surface area contributed by atoms with Crippen molar-refractivity contribution in [3.05, 3.63) is 32.9 Å². The molecule has 0 spiro atoms. The Hall–Kier alpha value is -0.680. The van der Waals surface area contributed by atoms with Crippen molar-refractivity contribution in [2.24, 2.45) is 0 Å². The van der Waals surface area contributed by atoms with E-state index in [2.05, 4.69) is 9.97 Å². The number of nitrogens with zero attached hydrogens (tertiary/aromatic N) is 2. The zero-order chi connectivity index (χ0) is 14.9. The highest BCUT2D eigenvalue weighted by Crippen LogP contribution is 2.38. The number of benzene rings is 1. The Balaban J connectivity index is 2.70. The van der Waals surface area contributed by atoms with Gasteiger partial charge in [-0.15, -0.1) is 0 Å². The highest BCUT2D eigenvalue weighted by atomic mass is 35.5. The molecular formula is C13H11Cl3N2OS. The van der Waals surface area contributed by atoms with Gasteiger partial charge in [0.05, 0.1) is 22.8 Å². The van der Waals surface area contributed by atoms with Gasteiger partial charge in [0.1, 0.15) is 10.9 Å². The molecule has 0 saturated carbocycles. The normalized spacial score (nSPS) is 10.7. The maximum Gasteiger partial charge on any atom is 0.189 e. The topological polar surface area (TPSA) is 35.0 Å². The van der Waals surface area contributed by atoms with Crippen LogP contribution in [0.3, 0.4) is 0 Å². The largest absolute Gasteiger partial charge is 0.495 e. The molecule has 2 rings (SSSR count). The number of rotatable bonds is 3. The van der Waals surface area contributed by atoms with Gasteiger partial charge in [-0.3, -0.25) is 0 Å². The number of hydrogen-bond donors (Lipinski definition) is 0. The van der Waals surface area contributed by atoms with Crippen LogP contribution < -0.4 is 4.74 Å². The zero-order valence-corrected chi connectivity index (χ0v) is 14.1. The molecule has 7 heteroatoms. The molecule has 2 aromatic rings. The first-order valence-corrected chi connectivity index (χ1v) is 7.95. The number of hydrogen-bond acceptors (Lipinski definition) is 4. The smallest absolute Gasteiger partial charge is 0.189 e. The van der Waals surface area contributed by atoms with Crippen LogP contribution in [0.15, 0.2) is 17.3 Å². The van der Waals surface area contributed by atoms with E-state index in [4.69, 9.17) is 39.5 Å². The van der Waals surface area contributed by atoms with Crippen LogP contribution in [0.1, 0.15) is 5.56 Å². The van der Waals surface area contributed by atoms with Crippen molar-refractivity contribution >= 4 is 46.6 Å². The first-order valence-electron chi connectivity index (χ1n) is 5.59. The third-order valence-electron chi connectivity index (χ3n) is 2.75. The van der Waals surface area contributed by atoms with Crippen molar-refractivity contribution in [2.45, 2.75) is 12.1 Å². The number of methoxy groups -OCH3 is 1. The third-order valence-corrected chi connectivity index (χ3v) is 4.27. The summed E-state index contributed by atoms with van der Waals surface area (Å²) in [6.07, 6.45) is 1.88. The van der Waals surface area contributed by atoms with Gasteiger partial charge in [0.25, 0.3) is 0 Å². The SMILES string of the molecule is COc1cc(-c2nc(SC)nc(Cl)c2C)c(Cl)cc1Cl. The van der Waals surface area contributed by atoms with E-state index in [-0.39, 0.29) is 0 Å². The molecule has 3 nitrogen and oxygen atoms in total. The first-order chi connectivity index (χ1) is 9.47. The molecule has 0 aliphatic heterocycles. The highest BCUT2D eigenvalue weighted by Gasteiger charge is 2.16. The molecule has 1 aromatic heterocycles. The van der Waals surface area contributed by atoms with Crippen molar-refractivity contribution in [3.8, 4) is 17.0 Å². The molecule has 0 fully saturated rings. The van der Waals surface area contributed by atoms with Gasteiger partial charge >= 0.3 is 0 Å². The average molecular weight is 350 g/mol. The predicted molar refractivity (Wildman–Crippen MR) is 85.6 cm³/mol. The summed E-state index contributed by atoms with van der Waals surface area (Å²) in [4.78, 5) is 8.66. The summed E-state index contributed by atoms with van der Waals surface area (Å²) in [6.45, 7) is 1.85. The maximum atomic E-state index is 6.26. The lowest BCUT2D eigenvalue weighted by Gasteiger charge is -2.12. The summed E-state index contributed by atoms with van der Waals surface area (Å²) in [5, 5.41) is 1.93. The van der Waals surface area contributed by atoms with Crippen LogP contribution in [0.2, 0.25) is 15.2 Å². The molecule has 0 aliphatic rings. The Morgan fingerprint density at radius 1 is 1.10 bits per heavy atom. The van der Waals surface area contributed by atoms with Crippen LogP contribution in [0.5, 0.6) is 5.75 Å². The second kappa shape index (κ2) is 6.39. The number of halogens is 3. The van der Waals surface area contributed by atoms with Gasteiger partial charge in [0, 0.05) is 11.1 Å². The van der Waals surface area contributed by atoms with Gasteiger partial charge in [-0.25, -0.2) is 9.97 Å². The van der Waals surface area contributed by atoms with Gasteiger partial charge in [0.2, 0.25) is 0 Å². The van der Waals surface area contributed by atoms with E-state index in [1.807, 2.05) is 13.2 Å². The van der Waals surface area contributed by atoms with Crippen LogP contribution in [-0.2, 0) is 0 Å². The molecule has 0 bridgehead atoms. The minimum Gasteiger partial charge on any atom is -0.495 e. The fourth-order valence-corrected chi connectivity index (χ4v) is 2.83. The molecule has 0 amide bonds. The molecule has 0 aliphatic carbocycles. The summed E-state index contributed by atoms with van der Waals surface area (Å²) in [5.74, 6) is 0.533. The molecule has 1 aromatic carbocycles. The van der Waals surface area contributed by atoms with E-state index < -0.39 is 0 Å². The molecule has 0 unspecified atom stereocenters. The van der Waals surface area contributed by atoms with Crippen molar-refractivity contribution in [3.63, 3.8) is 0 Å². The van der Waals surface area contributed by atoms with Crippen LogP contribution in [0.4, 0.5) is 0 Å². The Bertz CT molecular complexity index is 665. The lowest BCUT2D eigenvalue weighted by Crippen LogP contribution is -1.97. The molecule has 106 valence electrons. The summed E-state index contributed by atoms with van der Waals surface area (Å²) in [6, 6.07) is 3.38. The lowest BCUT2D eigenvalue weighted by molar-refractivity contribution is 0.415. The fourth-order valence-electron chi connectivity index (χ4n) is 1.69. The van der Waals surface area contributed by atoms with Crippen molar-refractivity contribution in [1.82, 2.24) is 9.97 Å². The molecule has 0 radical (unpaired) electrons. The highest BCUT2D eigenvalue weighted by molar-refractivity contribution is 7.98. The molecule has 1 heterocycles. The van der Waals surface area contributed by atoms with Gasteiger partial charge in [0.15, 0.2) is 5.16 Å². The first kappa shape index (κ1) is 15.7. The van der Waals surface area contributed by atoms with E-state index in [1.54, 1.807) is 19.2 Å². The van der Waals surface area contributed by atoms with Crippen molar-refractivity contribution in [1.29, 1.82) is 0 Å². The fraction of sp³-hybridized carbons (Fsp3) is 0.231. The Kier molecular flexibility index (Phi) is 5.02.